The molecule has 0 unspecified atom stereocenters. The Hall–Kier alpha value is -3.64. The van der Waals surface area contributed by atoms with Gasteiger partial charge < -0.3 is 28.1 Å². The van der Waals surface area contributed by atoms with E-state index in [0.29, 0.717) is 25.7 Å². The van der Waals surface area contributed by atoms with Crippen molar-refractivity contribution < 1.29 is 64.1 Å². The zero-order valence-corrected chi connectivity index (χ0v) is 53.0. The minimum absolute atomic E-state index is 0. The van der Waals surface area contributed by atoms with Gasteiger partial charge in [-0.15, -0.1) is 26.3 Å². The molecule has 0 aliphatic rings. The Bertz CT molecular complexity index is 2140. The number of ether oxygens (including phenoxy) is 4. The second kappa shape index (κ2) is 50.8. The van der Waals surface area contributed by atoms with Crippen LogP contribution in [0.4, 0.5) is 0 Å². The van der Waals surface area contributed by atoms with Crippen LogP contribution in [0.1, 0.15) is 273 Å². The zero-order chi connectivity index (χ0) is 59.0. The van der Waals surface area contributed by atoms with Crippen LogP contribution in [0.5, 0.6) is 0 Å². The summed E-state index contributed by atoms with van der Waals surface area (Å²) in [4.78, 5) is 49.6. The first-order valence-electron chi connectivity index (χ1n) is 29.9. The fourth-order valence-electron chi connectivity index (χ4n) is 8.83. The Balaban J connectivity index is 0.00000156. The predicted octanol–water partition coefficient (Wildman–Crippen LogP) is 16.2. The largest absolute Gasteiger partial charge is 2.00 e. The van der Waals surface area contributed by atoms with Gasteiger partial charge in [0.2, 0.25) is 0 Å². The molecule has 0 heterocycles. The number of unbranched alkanes of at least 4 members (excludes halogenated alkanes) is 32. The molecular formula is C64H98CaO14S2. The number of hydrogen-bond acceptors (Lipinski definition) is 14. The number of rotatable bonds is 50. The fraction of sp³-hybridized carbons (Fsp3) is 0.625. The number of esters is 4. The van der Waals surface area contributed by atoms with Crippen LogP contribution in [0, 0.1) is 0 Å². The molecule has 0 radical (unpaired) electrons. The number of allylic oxidation sites excluding steroid dienone is 4. The summed E-state index contributed by atoms with van der Waals surface area (Å²) in [6.45, 7) is 15.6. The van der Waals surface area contributed by atoms with Gasteiger partial charge >= 0.3 is 61.6 Å². The average Bonchev–Trinajstić information content (AvgIpc) is 3.46. The normalized spacial score (nSPS) is 11.1. The van der Waals surface area contributed by atoms with E-state index in [0.717, 1.165) is 139 Å². The summed E-state index contributed by atoms with van der Waals surface area (Å²) < 4.78 is 90.3. The smallest absolute Gasteiger partial charge is 0.744 e. The van der Waals surface area contributed by atoms with E-state index in [4.69, 9.17) is 18.9 Å². The fourth-order valence-corrected chi connectivity index (χ4v) is 9.82. The van der Waals surface area contributed by atoms with Crippen LogP contribution >= 0.6 is 0 Å². The molecule has 0 aliphatic carbocycles. The Morgan fingerprint density at radius 1 is 0.321 bits per heavy atom. The molecule has 14 nitrogen and oxygen atoms in total. The molecule has 0 fully saturated rings. The molecule has 0 aliphatic heterocycles. The van der Waals surface area contributed by atoms with Gasteiger partial charge in [0, 0.05) is 0 Å². The van der Waals surface area contributed by atoms with E-state index in [1.54, 1.807) is 0 Å². The molecule has 0 amide bonds. The van der Waals surface area contributed by atoms with Crippen molar-refractivity contribution in [2.45, 2.75) is 241 Å². The molecule has 2 aromatic carbocycles. The summed E-state index contributed by atoms with van der Waals surface area (Å²) in [5.41, 5.74) is -0.738. The molecule has 2 aromatic rings. The van der Waals surface area contributed by atoms with Crippen LogP contribution in [-0.4, -0.2) is 114 Å². The minimum Gasteiger partial charge on any atom is -0.744 e. The number of carbonyl (C=O) groups excluding carboxylic acids is 4. The van der Waals surface area contributed by atoms with Gasteiger partial charge in [0.15, 0.2) is 0 Å². The van der Waals surface area contributed by atoms with Crippen LogP contribution in [-0.2, 0) is 39.2 Å². The Morgan fingerprint density at radius 2 is 0.506 bits per heavy atom. The Labute approximate surface area is 518 Å². The maximum absolute atomic E-state index is 12.7. The molecule has 452 valence electrons. The maximum Gasteiger partial charge on any atom is 2.00 e. The van der Waals surface area contributed by atoms with Crippen LogP contribution in [0.2, 0.25) is 0 Å². The second-order valence-electron chi connectivity index (χ2n) is 20.5. The van der Waals surface area contributed by atoms with Gasteiger partial charge in [-0.2, -0.15) is 0 Å². The van der Waals surface area contributed by atoms with Gasteiger partial charge in [0.05, 0.1) is 58.5 Å². The summed E-state index contributed by atoms with van der Waals surface area (Å²) in [6, 6.07) is 6.13. The molecule has 0 bridgehead atoms. The van der Waals surface area contributed by atoms with Gasteiger partial charge in [-0.1, -0.05) is 178 Å². The quantitative estimate of drug-likeness (QED) is 0.0150. The molecular weight excluding hydrogens is 1100 g/mol. The average molecular weight is 1200 g/mol. The van der Waals surface area contributed by atoms with E-state index in [9.17, 15) is 45.1 Å². The van der Waals surface area contributed by atoms with Crippen molar-refractivity contribution in [1.29, 1.82) is 0 Å². The molecule has 0 saturated carbocycles. The number of hydrogen-bond donors (Lipinski definition) is 0. The van der Waals surface area contributed by atoms with Crippen LogP contribution in [0.15, 0.2) is 96.8 Å². The van der Waals surface area contributed by atoms with Crippen molar-refractivity contribution >= 4 is 81.9 Å². The van der Waals surface area contributed by atoms with Gasteiger partial charge in [0.25, 0.3) is 0 Å². The van der Waals surface area contributed by atoms with Crippen molar-refractivity contribution in [1.82, 2.24) is 0 Å². The summed E-state index contributed by atoms with van der Waals surface area (Å²) in [5.74, 6) is -3.16. The Kier molecular flexibility index (Phi) is 48.6. The number of carbonyl (C=O) groups is 4. The van der Waals surface area contributed by atoms with Crippen LogP contribution < -0.4 is 0 Å². The summed E-state index contributed by atoms with van der Waals surface area (Å²) in [7, 11) is -9.61. The molecule has 0 N–H and O–H groups in total. The van der Waals surface area contributed by atoms with E-state index in [2.05, 4.69) is 26.3 Å². The van der Waals surface area contributed by atoms with Gasteiger partial charge in [0.1, 0.15) is 20.2 Å². The summed E-state index contributed by atoms with van der Waals surface area (Å²) in [5, 5.41) is 0. The first-order valence-corrected chi connectivity index (χ1v) is 32.8. The van der Waals surface area contributed by atoms with Crippen LogP contribution in [0.25, 0.3) is 0 Å². The molecule has 0 saturated heterocycles. The first kappa shape index (κ1) is 77.4. The van der Waals surface area contributed by atoms with Crippen molar-refractivity contribution in [2.75, 3.05) is 26.4 Å². The maximum atomic E-state index is 12.7. The SMILES string of the molecule is C=CCCCCCCCCCCOC(=O)c1ccc(S(=O)(=O)[O-])cc1C(=O)OCCCCCCCCCCC=C.C=CCCCCCCCCCCOC(=O)c1ccc(S(=O)(=O)[O-])cc1C(=O)OCCCCCCCCCCC=C.[Ca+2]. The topological polar surface area (TPSA) is 220 Å². The van der Waals surface area contributed by atoms with Gasteiger partial charge in [-0.05, 0) is 113 Å². The van der Waals surface area contributed by atoms with Crippen molar-refractivity contribution in [3.05, 3.63) is 109 Å². The number of benzene rings is 2. The third-order valence-electron chi connectivity index (χ3n) is 13.6. The third kappa shape index (κ3) is 40.3. The monoisotopic (exact) mass is 1190 g/mol. The molecule has 17 heteroatoms. The van der Waals surface area contributed by atoms with E-state index < -0.39 is 53.9 Å². The van der Waals surface area contributed by atoms with Crippen molar-refractivity contribution in [2.24, 2.45) is 0 Å². The van der Waals surface area contributed by atoms with Crippen LogP contribution in [0.3, 0.4) is 0 Å². The third-order valence-corrected chi connectivity index (χ3v) is 15.2. The van der Waals surface area contributed by atoms with E-state index in [1.807, 2.05) is 24.3 Å². The first-order chi connectivity index (χ1) is 38.6. The van der Waals surface area contributed by atoms with Gasteiger partial charge in [-0.3, -0.25) is 0 Å². The van der Waals surface area contributed by atoms with Crippen molar-refractivity contribution in [3.63, 3.8) is 0 Å². The molecule has 0 spiro atoms. The molecule has 0 atom stereocenters. The zero-order valence-electron chi connectivity index (χ0n) is 49.1. The molecule has 2 rings (SSSR count). The minimum atomic E-state index is -4.80. The second-order valence-corrected chi connectivity index (χ2v) is 23.2. The molecule has 81 heavy (non-hydrogen) atoms. The standard InChI is InChI=1S/2C32H50O7S.Ca/c2*1-3-5-7-9-11-13-15-17-19-21-25-38-31(33)29-24-23-28(40(35,36)37)27-30(29)32(34)39-26-22-20-18-16-14-12-10-8-6-4-2;/h2*3-4,23-24,27H,1-2,5-22,25-26H2,(H,35,36,37);/q;;+2/p-2. The molecule has 0 aromatic heterocycles. The summed E-state index contributed by atoms with van der Waals surface area (Å²) >= 11 is 0. The van der Waals surface area contributed by atoms with Crippen molar-refractivity contribution in [3.8, 4) is 0 Å². The van der Waals surface area contributed by atoms with Gasteiger partial charge in [-0.25, -0.2) is 36.0 Å². The summed E-state index contributed by atoms with van der Waals surface area (Å²) in [6.07, 6.45) is 46.3. The predicted molar refractivity (Wildman–Crippen MR) is 323 cm³/mol. The van der Waals surface area contributed by atoms with E-state index in [-0.39, 0.29) is 86.4 Å². The van der Waals surface area contributed by atoms with E-state index >= 15 is 0 Å². The Morgan fingerprint density at radius 3 is 0.704 bits per heavy atom. The van der Waals surface area contributed by atoms with E-state index in [1.165, 1.54) is 103 Å².